The first-order valence-electron chi connectivity index (χ1n) is 12.1. The Kier molecular flexibility index (Phi) is 6.93. The van der Waals surface area contributed by atoms with E-state index in [1.165, 1.54) is 40.5 Å². The van der Waals surface area contributed by atoms with Crippen molar-refractivity contribution in [3.05, 3.63) is 93.6 Å². The van der Waals surface area contributed by atoms with Crippen LogP contribution in [0, 0.1) is 11.7 Å². The molecule has 3 aromatic rings. The summed E-state index contributed by atoms with van der Waals surface area (Å²) in [6, 6.07) is 16.7. The highest BCUT2D eigenvalue weighted by molar-refractivity contribution is 7.10. The Hall–Kier alpha value is -3.78. The van der Waals surface area contributed by atoms with Gasteiger partial charge in [-0.3, -0.25) is 19.3 Å². The average Bonchev–Trinajstić information content (AvgIpc) is 3.44. The Labute approximate surface area is 218 Å². The fraction of sp³-hybridized carbons (Fsp3) is 0.276. The normalized spacial score (nSPS) is 21.6. The lowest BCUT2D eigenvalue weighted by molar-refractivity contribution is -0.152. The Morgan fingerprint density at radius 3 is 2.54 bits per heavy atom. The Bertz CT molecular complexity index is 1370. The highest BCUT2D eigenvalue weighted by Gasteiger charge is 2.50. The van der Waals surface area contributed by atoms with Gasteiger partial charge in [0.15, 0.2) is 5.78 Å². The first kappa shape index (κ1) is 24.9. The maximum atomic E-state index is 14.3. The van der Waals surface area contributed by atoms with Gasteiger partial charge in [-0.1, -0.05) is 18.2 Å². The third-order valence-electron chi connectivity index (χ3n) is 6.95. The molecule has 190 valence electrons. The lowest BCUT2D eigenvalue weighted by Gasteiger charge is -2.42. The quantitative estimate of drug-likeness (QED) is 0.313. The molecule has 1 amide bonds. The van der Waals surface area contributed by atoms with Gasteiger partial charge in [0.25, 0.3) is 0 Å². The molecule has 37 heavy (non-hydrogen) atoms. The van der Waals surface area contributed by atoms with Crippen LogP contribution in [0.4, 0.5) is 10.1 Å². The minimum Gasteiger partial charge on any atom is -0.497 e. The lowest BCUT2D eigenvalue weighted by atomic mass is 9.69. The molecule has 0 unspecified atom stereocenters. The predicted molar refractivity (Wildman–Crippen MR) is 138 cm³/mol. The van der Waals surface area contributed by atoms with E-state index in [0.29, 0.717) is 22.7 Å². The monoisotopic (exact) mass is 519 g/mol. The highest BCUT2D eigenvalue weighted by Crippen LogP contribution is 2.50. The van der Waals surface area contributed by atoms with Crippen LogP contribution in [0.25, 0.3) is 0 Å². The van der Waals surface area contributed by atoms with E-state index in [0.717, 1.165) is 10.4 Å². The summed E-state index contributed by atoms with van der Waals surface area (Å²) in [4.78, 5) is 43.5. The number of hydrogen-bond acceptors (Lipinski definition) is 6. The lowest BCUT2D eigenvalue weighted by Crippen LogP contribution is -2.46. The summed E-state index contributed by atoms with van der Waals surface area (Å²) in [5.74, 6) is -2.98. The molecule has 0 saturated heterocycles. The summed E-state index contributed by atoms with van der Waals surface area (Å²) in [6.45, 7) is 1.87. The Balaban J connectivity index is 1.71. The first-order valence-corrected chi connectivity index (χ1v) is 13.0. The second-order valence-corrected chi connectivity index (χ2v) is 10.00. The molecule has 8 heteroatoms. The van der Waals surface area contributed by atoms with Gasteiger partial charge < -0.3 is 9.47 Å². The number of methoxy groups -OCH3 is 1. The highest BCUT2D eigenvalue weighted by atomic mass is 32.1. The summed E-state index contributed by atoms with van der Waals surface area (Å²) in [5, 5.41) is 1.90. The number of allylic oxidation sites excluding steroid dienone is 2. The molecule has 0 bridgehead atoms. The van der Waals surface area contributed by atoms with Crippen LogP contribution < -0.4 is 9.64 Å². The number of ether oxygens (including phenoxy) is 2. The second-order valence-electron chi connectivity index (χ2n) is 9.02. The number of ketones is 1. The molecule has 0 fully saturated rings. The number of Topliss-reactive ketones (excluding diaryl/α,β-unsaturated/α-hetero) is 1. The summed E-state index contributed by atoms with van der Waals surface area (Å²) >= 11 is 1.46. The van der Waals surface area contributed by atoms with E-state index in [2.05, 4.69) is 0 Å². The second kappa shape index (κ2) is 10.3. The smallest absolute Gasteiger partial charge is 0.317 e. The van der Waals surface area contributed by atoms with Crippen molar-refractivity contribution in [2.75, 3.05) is 18.6 Å². The van der Waals surface area contributed by atoms with Crippen molar-refractivity contribution >= 4 is 34.7 Å². The van der Waals surface area contributed by atoms with Crippen LogP contribution in [0.15, 0.2) is 77.3 Å². The van der Waals surface area contributed by atoms with Gasteiger partial charge in [0.1, 0.15) is 17.5 Å². The molecule has 1 aliphatic heterocycles. The molecule has 2 heterocycles. The maximum absolute atomic E-state index is 14.3. The molecule has 2 aliphatic rings. The summed E-state index contributed by atoms with van der Waals surface area (Å²) in [5.41, 5.74) is 2.20. The van der Waals surface area contributed by atoms with E-state index in [-0.39, 0.29) is 31.1 Å². The van der Waals surface area contributed by atoms with Gasteiger partial charge in [0.2, 0.25) is 5.91 Å². The van der Waals surface area contributed by atoms with Crippen LogP contribution in [0.2, 0.25) is 0 Å². The average molecular weight is 520 g/mol. The molecule has 5 rings (SSSR count). The third-order valence-corrected chi connectivity index (χ3v) is 7.96. The topological polar surface area (TPSA) is 72.9 Å². The molecule has 0 N–H and O–H groups in total. The molecule has 2 aromatic carbocycles. The number of amides is 1. The van der Waals surface area contributed by atoms with Crippen LogP contribution in [0.3, 0.4) is 0 Å². The number of rotatable bonds is 6. The van der Waals surface area contributed by atoms with Gasteiger partial charge >= 0.3 is 5.97 Å². The van der Waals surface area contributed by atoms with E-state index >= 15 is 0 Å². The van der Waals surface area contributed by atoms with Crippen LogP contribution in [-0.4, -0.2) is 31.4 Å². The molecule has 0 spiro atoms. The van der Waals surface area contributed by atoms with Gasteiger partial charge in [-0.25, -0.2) is 4.39 Å². The molecule has 0 saturated carbocycles. The third kappa shape index (κ3) is 4.57. The van der Waals surface area contributed by atoms with E-state index in [1.54, 1.807) is 20.1 Å². The number of thiophene rings is 1. The fourth-order valence-electron chi connectivity index (χ4n) is 5.33. The molecular formula is C29H26FNO5S. The van der Waals surface area contributed by atoms with Gasteiger partial charge in [0, 0.05) is 40.1 Å². The molecular weight excluding hydrogens is 493 g/mol. The number of anilines is 1. The molecule has 1 aromatic heterocycles. The number of hydrogen-bond donors (Lipinski definition) is 0. The predicted octanol–water partition coefficient (Wildman–Crippen LogP) is 5.61. The number of esters is 1. The summed E-state index contributed by atoms with van der Waals surface area (Å²) in [6.07, 6.45) is 0.309. The molecule has 3 atom stereocenters. The SMILES string of the molecule is CCOC(=O)[C@@H]1C(=O)C2=C(C[C@@H]1c1cccs1)N(c1ccc(F)cc1)C(=O)C[C@@H]2c1cccc(OC)c1. The Morgan fingerprint density at radius 2 is 1.86 bits per heavy atom. The van der Waals surface area contributed by atoms with Crippen molar-refractivity contribution in [2.24, 2.45) is 5.92 Å². The zero-order valence-corrected chi connectivity index (χ0v) is 21.3. The van der Waals surface area contributed by atoms with Crippen molar-refractivity contribution in [2.45, 2.75) is 31.6 Å². The van der Waals surface area contributed by atoms with E-state index in [4.69, 9.17) is 9.47 Å². The van der Waals surface area contributed by atoms with Gasteiger partial charge in [-0.05, 0) is 66.8 Å². The summed E-state index contributed by atoms with van der Waals surface area (Å²) in [7, 11) is 1.56. The number of carbonyl (C=O) groups is 3. The van der Waals surface area contributed by atoms with Gasteiger partial charge in [0.05, 0.1) is 13.7 Å². The van der Waals surface area contributed by atoms with Crippen LogP contribution in [-0.2, 0) is 19.1 Å². The fourth-order valence-corrected chi connectivity index (χ4v) is 6.20. The number of nitrogens with zero attached hydrogens (tertiary/aromatic N) is 1. The van der Waals surface area contributed by atoms with E-state index in [9.17, 15) is 18.8 Å². The van der Waals surface area contributed by atoms with Gasteiger partial charge in [-0.15, -0.1) is 11.3 Å². The zero-order chi connectivity index (χ0) is 26.1. The maximum Gasteiger partial charge on any atom is 0.317 e. The van der Waals surface area contributed by atoms with Crippen molar-refractivity contribution < 1.29 is 28.2 Å². The van der Waals surface area contributed by atoms with Crippen LogP contribution in [0.1, 0.15) is 42.0 Å². The molecule has 0 radical (unpaired) electrons. The largest absolute Gasteiger partial charge is 0.497 e. The minimum absolute atomic E-state index is 0.0222. The van der Waals surface area contributed by atoms with E-state index in [1.807, 2.05) is 35.7 Å². The Morgan fingerprint density at radius 1 is 1.08 bits per heavy atom. The number of benzene rings is 2. The van der Waals surface area contributed by atoms with Crippen LogP contribution >= 0.6 is 11.3 Å². The zero-order valence-electron chi connectivity index (χ0n) is 20.5. The van der Waals surface area contributed by atoms with Crippen LogP contribution in [0.5, 0.6) is 5.75 Å². The summed E-state index contributed by atoms with van der Waals surface area (Å²) < 4.78 is 24.5. The molecule has 1 aliphatic carbocycles. The van der Waals surface area contributed by atoms with Crippen molar-refractivity contribution in [1.29, 1.82) is 0 Å². The van der Waals surface area contributed by atoms with Crippen molar-refractivity contribution in [3.63, 3.8) is 0 Å². The molecule has 6 nitrogen and oxygen atoms in total. The standard InChI is InChI=1S/C29H26FNO5S/c1-3-36-29(34)27-22(24-8-5-13-37-24)15-23-26(28(27)33)21(17-6-4-7-20(14-17)35-2)16-25(32)31(23)19-11-9-18(30)10-12-19/h4-14,21-22,27H,3,15-16H2,1-2H3/t21-,22-,27+/m1/s1. The van der Waals surface area contributed by atoms with Crippen molar-refractivity contribution in [3.8, 4) is 5.75 Å². The van der Waals surface area contributed by atoms with Gasteiger partial charge in [-0.2, -0.15) is 0 Å². The number of carbonyl (C=O) groups excluding carboxylic acids is 3. The van der Waals surface area contributed by atoms with E-state index < -0.39 is 29.5 Å². The van der Waals surface area contributed by atoms with Crippen molar-refractivity contribution in [1.82, 2.24) is 0 Å². The minimum atomic E-state index is -1.02. The first-order chi connectivity index (χ1) is 17.9. The number of halogens is 1.